The normalized spacial score (nSPS) is 29.4. The monoisotopic (exact) mass is 246 g/mol. The highest BCUT2D eigenvalue weighted by Crippen LogP contribution is 2.28. The molecule has 0 amide bonds. The lowest BCUT2D eigenvalue weighted by atomic mass is 9.85. The van der Waals surface area contributed by atoms with Crippen molar-refractivity contribution in [2.24, 2.45) is 17.6 Å². The Morgan fingerprint density at radius 3 is 2.50 bits per heavy atom. The molecule has 1 saturated heterocycles. The standard InChI is InChI=1S/C16H26N2/c1-12-8-13(2)14(3)18(10-12)11-16-7-5-4-6-15(16)9-17/h4-7,12-14H,8-11,17H2,1-3H3. The van der Waals surface area contributed by atoms with E-state index in [0.29, 0.717) is 12.6 Å². The van der Waals surface area contributed by atoms with Crippen LogP contribution in [0.2, 0.25) is 0 Å². The van der Waals surface area contributed by atoms with E-state index in [-0.39, 0.29) is 0 Å². The lowest BCUT2D eigenvalue weighted by Gasteiger charge is -2.41. The van der Waals surface area contributed by atoms with Gasteiger partial charge in [0.1, 0.15) is 0 Å². The Balaban J connectivity index is 2.12. The predicted molar refractivity (Wildman–Crippen MR) is 77.2 cm³/mol. The summed E-state index contributed by atoms with van der Waals surface area (Å²) in [5, 5.41) is 0. The van der Waals surface area contributed by atoms with Gasteiger partial charge < -0.3 is 5.73 Å². The zero-order chi connectivity index (χ0) is 13.1. The summed E-state index contributed by atoms with van der Waals surface area (Å²) in [5.74, 6) is 1.60. The van der Waals surface area contributed by atoms with Gasteiger partial charge >= 0.3 is 0 Å². The summed E-state index contributed by atoms with van der Waals surface area (Å²) in [6, 6.07) is 9.24. The Kier molecular flexibility index (Phi) is 4.41. The van der Waals surface area contributed by atoms with E-state index in [1.54, 1.807) is 0 Å². The first-order chi connectivity index (χ1) is 8.61. The van der Waals surface area contributed by atoms with Crippen LogP contribution in [0.1, 0.15) is 38.3 Å². The van der Waals surface area contributed by atoms with Gasteiger partial charge in [0, 0.05) is 25.7 Å². The van der Waals surface area contributed by atoms with Gasteiger partial charge in [-0.3, -0.25) is 4.90 Å². The summed E-state index contributed by atoms with van der Waals surface area (Å²) >= 11 is 0. The fourth-order valence-corrected chi connectivity index (χ4v) is 3.17. The molecule has 3 unspecified atom stereocenters. The maximum Gasteiger partial charge on any atom is 0.0240 e. The molecular weight excluding hydrogens is 220 g/mol. The van der Waals surface area contributed by atoms with Gasteiger partial charge in [0.2, 0.25) is 0 Å². The summed E-state index contributed by atoms with van der Waals surface area (Å²) in [7, 11) is 0. The molecule has 0 aliphatic carbocycles. The molecule has 1 heterocycles. The van der Waals surface area contributed by atoms with E-state index in [9.17, 15) is 0 Å². The van der Waals surface area contributed by atoms with Crippen molar-refractivity contribution in [1.29, 1.82) is 0 Å². The summed E-state index contributed by atoms with van der Waals surface area (Å²) in [4.78, 5) is 2.62. The highest BCUT2D eigenvalue weighted by molar-refractivity contribution is 5.26. The molecule has 2 N–H and O–H groups in total. The predicted octanol–water partition coefficient (Wildman–Crippen LogP) is 3.01. The molecule has 2 nitrogen and oxygen atoms in total. The van der Waals surface area contributed by atoms with Crippen LogP contribution in [0.3, 0.4) is 0 Å². The van der Waals surface area contributed by atoms with Gasteiger partial charge in [-0.25, -0.2) is 0 Å². The summed E-state index contributed by atoms with van der Waals surface area (Å²) in [6.45, 7) is 10.0. The molecule has 0 radical (unpaired) electrons. The molecule has 1 aliphatic rings. The van der Waals surface area contributed by atoms with E-state index in [0.717, 1.165) is 18.4 Å². The fraction of sp³-hybridized carbons (Fsp3) is 0.625. The van der Waals surface area contributed by atoms with Gasteiger partial charge in [0.15, 0.2) is 0 Å². The van der Waals surface area contributed by atoms with Crippen molar-refractivity contribution in [2.75, 3.05) is 6.54 Å². The average molecular weight is 246 g/mol. The number of nitrogens with zero attached hydrogens (tertiary/aromatic N) is 1. The third kappa shape index (κ3) is 2.93. The van der Waals surface area contributed by atoms with Crippen molar-refractivity contribution >= 4 is 0 Å². The van der Waals surface area contributed by atoms with Crippen molar-refractivity contribution in [3.63, 3.8) is 0 Å². The molecule has 2 rings (SSSR count). The second-order valence-corrected chi connectivity index (χ2v) is 5.96. The molecule has 0 bridgehead atoms. The van der Waals surface area contributed by atoms with Gasteiger partial charge in [-0.15, -0.1) is 0 Å². The van der Waals surface area contributed by atoms with E-state index in [1.165, 1.54) is 24.1 Å². The van der Waals surface area contributed by atoms with Gasteiger partial charge in [-0.2, -0.15) is 0 Å². The largest absolute Gasteiger partial charge is 0.326 e. The molecule has 1 aromatic carbocycles. The molecule has 0 spiro atoms. The van der Waals surface area contributed by atoms with Crippen LogP contribution in [0.4, 0.5) is 0 Å². The number of hydrogen-bond acceptors (Lipinski definition) is 2. The maximum absolute atomic E-state index is 5.83. The highest BCUT2D eigenvalue weighted by atomic mass is 15.2. The Morgan fingerprint density at radius 1 is 1.17 bits per heavy atom. The van der Waals surface area contributed by atoms with Gasteiger partial charge in [-0.05, 0) is 36.3 Å². The van der Waals surface area contributed by atoms with Crippen LogP contribution < -0.4 is 5.73 Å². The fourth-order valence-electron chi connectivity index (χ4n) is 3.17. The van der Waals surface area contributed by atoms with Crippen LogP contribution in [0.15, 0.2) is 24.3 Å². The Bertz CT molecular complexity index is 388. The first-order valence-corrected chi connectivity index (χ1v) is 7.12. The second-order valence-electron chi connectivity index (χ2n) is 5.96. The molecule has 18 heavy (non-hydrogen) atoms. The van der Waals surface area contributed by atoms with Crippen LogP contribution in [0, 0.1) is 11.8 Å². The molecule has 1 aliphatic heterocycles. The SMILES string of the molecule is CC1CC(C)C(C)N(Cc2ccccc2CN)C1. The first kappa shape index (κ1) is 13.6. The van der Waals surface area contributed by atoms with Crippen LogP contribution >= 0.6 is 0 Å². The van der Waals surface area contributed by atoms with Crippen LogP contribution in [0.5, 0.6) is 0 Å². The Labute approximate surface area is 111 Å². The number of likely N-dealkylation sites (tertiary alicyclic amines) is 1. The minimum absolute atomic E-state index is 0.642. The van der Waals surface area contributed by atoms with Gasteiger partial charge in [0.05, 0.1) is 0 Å². The number of hydrogen-bond donors (Lipinski definition) is 1. The average Bonchev–Trinajstić information content (AvgIpc) is 2.36. The minimum atomic E-state index is 0.642. The topological polar surface area (TPSA) is 29.3 Å². The molecule has 1 aromatic rings. The number of rotatable bonds is 3. The Hall–Kier alpha value is -0.860. The number of nitrogens with two attached hydrogens (primary N) is 1. The zero-order valence-electron chi connectivity index (χ0n) is 11.9. The molecular formula is C16H26N2. The van der Waals surface area contributed by atoms with Crippen molar-refractivity contribution in [3.05, 3.63) is 35.4 Å². The molecule has 2 heteroatoms. The third-order valence-electron chi connectivity index (χ3n) is 4.43. The molecule has 100 valence electrons. The van der Waals surface area contributed by atoms with Crippen LogP contribution in [0.25, 0.3) is 0 Å². The summed E-state index contributed by atoms with van der Waals surface area (Å²) < 4.78 is 0. The molecule has 0 aromatic heterocycles. The smallest absolute Gasteiger partial charge is 0.0240 e. The number of benzene rings is 1. The van der Waals surface area contributed by atoms with E-state index in [4.69, 9.17) is 5.73 Å². The quantitative estimate of drug-likeness (QED) is 0.888. The lowest BCUT2D eigenvalue weighted by Crippen LogP contribution is -2.45. The van der Waals surface area contributed by atoms with Crippen LogP contribution in [-0.4, -0.2) is 17.5 Å². The lowest BCUT2D eigenvalue weighted by molar-refractivity contribution is 0.0727. The maximum atomic E-state index is 5.83. The van der Waals surface area contributed by atoms with Crippen molar-refractivity contribution in [1.82, 2.24) is 4.90 Å². The van der Waals surface area contributed by atoms with Crippen molar-refractivity contribution in [2.45, 2.75) is 46.3 Å². The highest BCUT2D eigenvalue weighted by Gasteiger charge is 2.28. The third-order valence-corrected chi connectivity index (χ3v) is 4.43. The molecule has 3 atom stereocenters. The van der Waals surface area contributed by atoms with Gasteiger partial charge in [-0.1, -0.05) is 38.1 Å². The van der Waals surface area contributed by atoms with Crippen LogP contribution in [-0.2, 0) is 13.1 Å². The van der Waals surface area contributed by atoms with Crippen molar-refractivity contribution in [3.8, 4) is 0 Å². The second kappa shape index (κ2) is 5.85. The van der Waals surface area contributed by atoms with E-state index >= 15 is 0 Å². The summed E-state index contributed by atoms with van der Waals surface area (Å²) in [5.41, 5.74) is 8.51. The van der Waals surface area contributed by atoms with Gasteiger partial charge in [0.25, 0.3) is 0 Å². The molecule has 1 fully saturated rings. The Morgan fingerprint density at radius 2 is 1.83 bits per heavy atom. The first-order valence-electron chi connectivity index (χ1n) is 7.12. The van der Waals surface area contributed by atoms with E-state index in [2.05, 4.69) is 49.9 Å². The summed E-state index contributed by atoms with van der Waals surface area (Å²) in [6.07, 6.45) is 1.36. The zero-order valence-corrected chi connectivity index (χ0v) is 11.9. The molecule has 0 saturated carbocycles. The number of piperidine rings is 1. The van der Waals surface area contributed by atoms with Crippen molar-refractivity contribution < 1.29 is 0 Å². The minimum Gasteiger partial charge on any atom is -0.326 e. The van der Waals surface area contributed by atoms with E-state index < -0.39 is 0 Å². The van der Waals surface area contributed by atoms with E-state index in [1.807, 2.05) is 0 Å².